The third kappa shape index (κ3) is 1.33. The van der Waals surface area contributed by atoms with Gasteiger partial charge in [0.1, 0.15) is 0 Å². The van der Waals surface area contributed by atoms with Crippen molar-refractivity contribution in [2.45, 2.75) is 57.5 Å². The zero-order valence-electron chi connectivity index (χ0n) is 8.84. The highest BCUT2D eigenvalue weighted by Crippen LogP contribution is 2.57. The van der Waals surface area contributed by atoms with Crippen molar-refractivity contribution < 1.29 is 5.11 Å². The number of hydrogen-bond donors (Lipinski definition) is 1. The Hall–Kier alpha value is -0.300. The molecule has 0 amide bonds. The fourth-order valence-electron chi connectivity index (χ4n) is 3.63. The van der Waals surface area contributed by atoms with Crippen LogP contribution in [0.2, 0.25) is 0 Å². The van der Waals surface area contributed by atoms with Gasteiger partial charge in [-0.25, -0.2) is 0 Å². The van der Waals surface area contributed by atoms with Gasteiger partial charge in [-0.3, -0.25) is 0 Å². The van der Waals surface area contributed by atoms with Crippen LogP contribution in [0.3, 0.4) is 0 Å². The molecule has 0 saturated heterocycles. The Morgan fingerprint density at radius 1 is 0.857 bits per heavy atom. The molecule has 0 bridgehead atoms. The maximum Gasteiger partial charge on any atom is 0.0752 e. The number of allylic oxidation sites excluding steroid dienone is 1. The molecule has 3 saturated carbocycles. The summed E-state index contributed by atoms with van der Waals surface area (Å²) in [5, 5.41) is 9.97. The summed E-state index contributed by atoms with van der Waals surface area (Å²) in [7, 11) is 0. The predicted molar refractivity (Wildman–Crippen MR) is 56.9 cm³/mol. The number of aliphatic hydroxyl groups excluding tert-OH is 1. The van der Waals surface area contributed by atoms with E-state index in [0.29, 0.717) is 0 Å². The second kappa shape index (κ2) is 3.37. The van der Waals surface area contributed by atoms with Gasteiger partial charge in [-0.05, 0) is 49.5 Å². The van der Waals surface area contributed by atoms with Crippen molar-refractivity contribution in [1.29, 1.82) is 0 Å². The van der Waals surface area contributed by atoms with Crippen LogP contribution in [0.15, 0.2) is 11.1 Å². The van der Waals surface area contributed by atoms with Crippen LogP contribution in [-0.4, -0.2) is 11.2 Å². The molecule has 3 atom stereocenters. The molecular formula is C13H20O. The van der Waals surface area contributed by atoms with Crippen LogP contribution in [0.4, 0.5) is 0 Å². The maximum atomic E-state index is 9.97. The first-order chi connectivity index (χ1) is 6.88. The Kier molecular flexibility index (Phi) is 2.16. The van der Waals surface area contributed by atoms with Crippen molar-refractivity contribution in [3.05, 3.63) is 11.1 Å². The van der Waals surface area contributed by atoms with E-state index in [0.717, 1.165) is 18.3 Å². The second-order valence-corrected chi connectivity index (χ2v) is 5.24. The van der Waals surface area contributed by atoms with Gasteiger partial charge < -0.3 is 5.11 Å². The van der Waals surface area contributed by atoms with Crippen LogP contribution in [0.1, 0.15) is 51.4 Å². The molecule has 3 aliphatic carbocycles. The van der Waals surface area contributed by atoms with Gasteiger partial charge in [-0.2, -0.15) is 0 Å². The number of fused-ring (bicyclic) bond motifs is 1. The van der Waals surface area contributed by atoms with Gasteiger partial charge in [0.25, 0.3) is 0 Å². The van der Waals surface area contributed by atoms with E-state index in [1.54, 1.807) is 5.57 Å². The molecule has 14 heavy (non-hydrogen) atoms. The number of hydrogen-bond acceptors (Lipinski definition) is 1. The summed E-state index contributed by atoms with van der Waals surface area (Å²) in [5.74, 6) is 1.82. The fourth-order valence-corrected chi connectivity index (χ4v) is 3.63. The lowest BCUT2D eigenvalue weighted by atomic mass is 9.91. The van der Waals surface area contributed by atoms with Crippen LogP contribution < -0.4 is 0 Å². The largest absolute Gasteiger partial charge is 0.389 e. The van der Waals surface area contributed by atoms with E-state index < -0.39 is 0 Å². The molecule has 1 N–H and O–H groups in total. The maximum absolute atomic E-state index is 9.97. The molecule has 0 aromatic heterocycles. The highest BCUT2D eigenvalue weighted by molar-refractivity contribution is 5.38. The van der Waals surface area contributed by atoms with Crippen molar-refractivity contribution in [3.63, 3.8) is 0 Å². The summed E-state index contributed by atoms with van der Waals surface area (Å²) in [4.78, 5) is 0. The zero-order chi connectivity index (χ0) is 9.54. The molecule has 3 fully saturated rings. The Labute approximate surface area is 86.2 Å². The van der Waals surface area contributed by atoms with Crippen molar-refractivity contribution in [2.75, 3.05) is 0 Å². The first-order valence-corrected chi connectivity index (χ1v) is 6.29. The van der Waals surface area contributed by atoms with Gasteiger partial charge in [0.2, 0.25) is 0 Å². The van der Waals surface area contributed by atoms with Crippen LogP contribution >= 0.6 is 0 Å². The van der Waals surface area contributed by atoms with E-state index >= 15 is 0 Å². The average molecular weight is 192 g/mol. The summed E-state index contributed by atoms with van der Waals surface area (Å²) >= 11 is 0. The third-order valence-electron chi connectivity index (χ3n) is 4.40. The zero-order valence-corrected chi connectivity index (χ0v) is 8.84. The van der Waals surface area contributed by atoms with Gasteiger partial charge >= 0.3 is 0 Å². The summed E-state index contributed by atoms with van der Waals surface area (Å²) in [6.07, 6.45) is 10.4. The summed E-state index contributed by atoms with van der Waals surface area (Å²) in [6.45, 7) is 0. The molecule has 0 radical (unpaired) electrons. The van der Waals surface area contributed by atoms with Crippen molar-refractivity contribution >= 4 is 0 Å². The summed E-state index contributed by atoms with van der Waals surface area (Å²) in [5.41, 5.74) is 3.17. The molecular weight excluding hydrogens is 172 g/mol. The minimum absolute atomic E-state index is 0.0654. The van der Waals surface area contributed by atoms with Crippen LogP contribution in [0.5, 0.6) is 0 Å². The molecule has 0 spiro atoms. The highest BCUT2D eigenvalue weighted by Gasteiger charge is 2.47. The molecule has 78 valence electrons. The lowest BCUT2D eigenvalue weighted by Gasteiger charge is -2.20. The van der Waals surface area contributed by atoms with Gasteiger partial charge in [0, 0.05) is 0 Å². The molecule has 3 aliphatic rings. The molecule has 0 aromatic carbocycles. The average Bonchev–Trinajstić information content (AvgIpc) is 2.93. The molecule has 0 aromatic rings. The Balaban J connectivity index is 1.82. The predicted octanol–water partition coefficient (Wildman–Crippen LogP) is 3.04. The quantitative estimate of drug-likeness (QED) is 0.585. The van der Waals surface area contributed by atoms with Crippen molar-refractivity contribution in [3.8, 4) is 0 Å². The van der Waals surface area contributed by atoms with E-state index in [-0.39, 0.29) is 6.10 Å². The molecule has 3 rings (SSSR count). The molecule has 0 heterocycles. The third-order valence-corrected chi connectivity index (χ3v) is 4.40. The van der Waals surface area contributed by atoms with Crippen LogP contribution in [0.25, 0.3) is 0 Å². The van der Waals surface area contributed by atoms with Gasteiger partial charge in [-0.1, -0.05) is 24.8 Å². The van der Waals surface area contributed by atoms with Gasteiger partial charge in [-0.15, -0.1) is 0 Å². The van der Waals surface area contributed by atoms with Gasteiger partial charge in [0.05, 0.1) is 6.10 Å². The Morgan fingerprint density at radius 2 is 1.50 bits per heavy atom. The van der Waals surface area contributed by atoms with Crippen LogP contribution in [-0.2, 0) is 0 Å². The number of rotatable bonds is 0. The molecule has 1 heteroatoms. The van der Waals surface area contributed by atoms with Gasteiger partial charge in [0.15, 0.2) is 0 Å². The lowest BCUT2D eigenvalue weighted by molar-refractivity contribution is 0.177. The molecule has 0 aliphatic heterocycles. The first kappa shape index (κ1) is 8.96. The normalized spacial score (nSPS) is 42.2. The standard InChI is InChI=1S/C13H20O/c14-12-8-4-3-7-11(12)13-9-5-1-2-6-10(9)13/h9-10,12,14H,1-8H2. The van der Waals surface area contributed by atoms with E-state index in [1.165, 1.54) is 50.5 Å². The SMILES string of the molecule is OC1CCCCC1=C1C2CCCCC12. The molecule has 3 unspecified atom stereocenters. The summed E-state index contributed by atoms with van der Waals surface area (Å²) < 4.78 is 0. The Bertz CT molecular complexity index is 252. The minimum atomic E-state index is -0.0654. The van der Waals surface area contributed by atoms with Crippen LogP contribution in [0, 0.1) is 11.8 Å². The highest BCUT2D eigenvalue weighted by atomic mass is 16.3. The lowest BCUT2D eigenvalue weighted by Crippen LogP contribution is -2.15. The van der Waals surface area contributed by atoms with E-state index in [9.17, 15) is 5.11 Å². The van der Waals surface area contributed by atoms with Crippen molar-refractivity contribution in [1.82, 2.24) is 0 Å². The van der Waals surface area contributed by atoms with E-state index in [4.69, 9.17) is 0 Å². The smallest absolute Gasteiger partial charge is 0.0752 e. The van der Waals surface area contributed by atoms with E-state index in [2.05, 4.69) is 0 Å². The fraction of sp³-hybridized carbons (Fsp3) is 0.846. The molecule has 1 nitrogen and oxygen atoms in total. The topological polar surface area (TPSA) is 20.2 Å². The number of aliphatic hydroxyl groups is 1. The second-order valence-electron chi connectivity index (χ2n) is 5.24. The van der Waals surface area contributed by atoms with E-state index in [1.807, 2.05) is 0 Å². The first-order valence-electron chi connectivity index (χ1n) is 6.29. The monoisotopic (exact) mass is 192 g/mol. The van der Waals surface area contributed by atoms with Crippen molar-refractivity contribution in [2.24, 2.45) is 11.8 Å². The minimum Gasteiger partial charge on any atom is -0.389 e. The summed E-state index contributed by atoms with van der Waals surface area (Å²) in [6, 6.07) is 0. The Morgan fingerprint density at radius 3 is 2.14 bits per heavy atom.